The van der Waals surface area contributed by atoms with Gasteiger partial charge in [-0.05, 0) is 49.6 Å². The first-order chi connectivity index (χ1) is 9.08. The molecule has 0 amide bonds. The van der Waals surface area contributed by atoms with Gasteiger partial charge < -0.3 is 9.84 Å². The summed E-state index contributed by atoms with van der Waals surface area (Å²) in [6.45, 7) is 0.903. The maximum Gasteiger partial charge on any atom is 0.311 e. The minimum Gasteiger partial charge on any atom is -0.497 e. The summed E-state index contributed by atoms with van der Waals surface area (Å²) in [6, 6.07) is 6.02. The molecule has 1 unspecified atom stereocenters. The third-order valence-corrected chi connectivity index (χ3v) is 4.56. The fourth-order valence-electron chi connectivity index (χ4n) is 3.31. The fraction of sp³-hybridized carbons (Fsp3) is 0.533. The molecule has 1 heterocycles. The van der Waals surface area contributed by atoms with Crippen LogP contribution in [0.25, 0.3) is 0 Å². The molecule has 1 fully saturated rings. The molecule has 3 rings (SSSR count). The van der Waals surface area contributed by atoms with E-state index >= 15 is 0 Å². The Labute approximate surface area is 113 Å². The van der Waals surface area contributed by atoms with E-state index in [0.29, 0.717) is 0 Å². The number of carbonyl (C=O) groups is 1. The molecule has 0 radical (unpaired) electrons. The van der Waals surface area contributed by atoms with Crippen LogP contribution in [0, 0.1) is 5.41 Å². The van der Waals surface area contributed by atoms with E-state index in [1.807, 2.05) is 25.2 Å². The zero-order chi connectivity index (χ0) is 13.6. The number of aliphatic carboxylic acids is 1. The zero-order valence-corrected chi connectivity index (χ0v) is 11.3. The third-order valence-electron chi connectivity index (χ3n) is 4.56. The summed E-state index contributed by atoms with van der Waals surface area (Å²) in [4.78, 5) is 13.8. The summed E-state index contributed by atoms with van der Waals surface area (Å²) in [6.07, 6.45) is 2.51. The quantitative estimate of drug-likeness (QED) is 0.905. The average molecular weight is 261 g/mol. The van der Waals surface area contributed by atoms with Crippen molar-refractivity contribution in [2.75, 3.05) is 20.7 Å². The van der Waals surface area contributed by atoms with Crippen molar-refractivity contribution in [1.29, 1.82) is 0 Å². The van der Waals surface area contributed by atoms with Gasteiger partial charge in [-0.25, -0.2) is 0 Å². The molecule has 4 nitrogen and oxygen atoms in total. The molecular formula is C15H19NO3. The van der Waals surface area contributed by atoms with Crippen molar-refractivity contribution in [2.24, 2.45) is 5.41 Å². The van der Waals surface area contributed by atoms with Crippen molar-refractivity contribution in [3.63, 3.8) is 0 Å². The van der Waals surface area contributed by atoms with E-state index in [9.17, 15) is 9.90 Å². The van der Waals surface area contributed by atoms with Gasteiger partial charge in [0.1, 0.15) is 5.75 Å². The van der Waals surface area contributed by atoms with E-state index in [-0.39, 0.29) is 6.04 Å². The van der Waals surface area contributed by atoms with Gasteiger partial charge in [-0.3, -0.25) is 9.69 Å². The summed E-state index contributed by atoms with van der Waals surface area (Å²) in [5.74, 6) is 0.190. The summed E-state index contributed by atoms with van der Waals surface area (Å²) < 4.78 is 5.26. The van der Waals surface area contributed by atoms with Crippen LogP contribution in [0.2, 0.25) is 0 Å². The summed E-state index contributed by atoms with van der Waals surface area (Å²) in [7, 11) is 3.69. The first-order valence-corrected chi connectivity index (χ1v) is 6.69. The standard InChI is InChI=1S/C15H19NO3/c1-16-8-5-10-9-11(19-2)3-4-12(10)13(16)15(6-7-15)14(17)18/h3-4,9,13H,5-8H2,1-2H3,(H,17,18). The Balaban J connectivity index is 2.05. The second-order valence-electron chi connectivity index (χ2n) is 5.66. The summed E-state index contributed by atoms with van der Waals surface area (Å²) >= 11 is 0. The molecule has 1 aromatic rings. The highest BCUT2D eigenvalue weighted by Crippen LogP contribution is 2.58. The summed E-state index contributed by atoms with van der Waals surface area (Å²) in [5, 5.41) is 9.55. The Morgan fingerprint density at radius 2 is 2.21 bits per heavy atom. The first kappa shape index (κ1) is 12.5. The number of methoxy groups -OCH3 is 1. The lowest BCUT2D eigenvalue weighted by molar-refractivity contribution is -0.146. The lowest BCUT2D eigenvalue weighted by atomic mass is 9.82. The smallest absolute Gasteiger partial charge is 0.311 e. The molecule has 0 bridgehead atoms. The van der Waals surface area contributed by atoms with Crippen LogP contribution in [0.1, 0.15) is 30.0 Å². The normalized spacial score (nSPS) is 24.6. The largest absolute Gasteiger partial charge is 0.497 e. The van der Waals surface area contributed by atoms with Crippen LogP contribution in [0.5, 0.6) is 5.75 Å². The number of nitrogens with zero attached hydrogens (tertiary/aromatic N) is 1. The molecule has 1 saturated carbocycles. The number of hydrogen-bond acceptors (Lipinski definition) is 3. The van der Waals surface area contributed by atoms with Gasteiger partial charge in [0, 0.05) is 6.54 Å². The van der Waals surface area contributed by atoms with Gasteiger partial charge in [0.2, 0.25) is 0 Å². The number of hydrogen-bond donors (Lipinski definition) is 1. The van der Waals surface area contributed by atoms with Crippen molar-refractivity contribution in [1.82, 2.24) is 4.90 Å². The molecule has 1 aromatic carbocycles. The van der Waals surface area contributed by atoms with Crippen molar-refractivity contribution in [3.8, 4) is 5.75 Å². The molecule has 0 saturated heterocycles. The number of benzene rings is 1. The topological polar surface area (TPSA) is 49.8 Å². The van der Waals surface area contributed by atoms with Crippen LogP contribution in [-0.2, 0) is 11.2 Å². The molecule has 2 aliphatic rings. The van der Waals surface area contributed by atoms with Gasteiger partial charge in [-0.2, -0.15) is 0 Å². The second-order valence-corrected chi connectivity index (χ2v) is 5.66. The van der Waals surface area contributed by atoms with Crippen molar-refractivity contribution in [3.05, 3.63) is 29.3 Å². The second kappa shape index (κ2) is 4.23. The molecule has 102 valence electrons. The Morgan fingerprint density at radius 1 is 1.47 bits per heavy atom. The highest BCUT2D eigenvalue weighted by atomic mass is 16.5. The molecule has 1 N–H and O–H groups in total. The Kier molecular flexibility index (Phi) is 2.78. The number of carboxylic acid groups (broad SMARTS) is 1. The zero-order valence-electron chi connectivity index (χ0n) is 11.3. The molecule has 1 aliphatic carbocycles. The van der Waals surface area contributed by atoms with Gasteiger partial charge in [-0.15, -0.1) is 0 Å². The Bertz CT molecular complexity index is 522. The molecule has 4 heteroatoms. The van der Waals surface area contributed by atoms with E-state index in [1.165, 1.54) is 5.56 Å². The lowest BCUT2D eigenvalue weighted by Gasteiger charge is -2.38. The van der Waals surface area contributed by atoms with Crippen LogP contribution in [0.15, 0.2) is 18.2 Å². The van der Waals surface area contributed by atoms with E-state index in [2.05, 4.69) is 4.90 Å². The molecule has 1 aliphatic heterocycles. The van der Waals surface area contributed by atoms with Gasteiger partial charge in [0.25, 0.3) is 0 Å². The Hall–Kier alpha value is -1.55. The van der Waals surface area contributed by atoms with Gasteiger partial charge >= 0.3 is 5.97 Å². The molecular weight excluding hydrogens is 242 g/mol. The van der Waals surface area contributed by atoms with Crippen LogP contribution in [0.3, 0.4) is 0 Å². The van der Waals surface area contributed by atoms with Crippen LogP contribution < -0.4 is 4.74 Å². The Morgan fingerprint density at radius 3 is 2.79 bits per heavy atom. The SMILES string of the molecule is COc1ccc2c(c1)CCN(C)C2C1(C(=O)O)CC1. The van der Waals surface area contributed by atoms with E-state index in [1.54, 1.807) is 7.11 Å². The van der Waals surface area contributed by atoms with E-state index in [4.69, 9.17) is 4.74 Å². The predicted molar refractivity (Wildman–Crippen MR) is 71.4 cm³/mol. The number of carboxylic acids is 1. The van der Waals surface area contributed by atoms with Gasteiger partial charge in [0.05, 0.1) is 18.6 Å². The van der Waals surface area contributed by atoms with Crippen LogP contribution in [0.4, 0.5) is 0 Å². The third kappa shape index (κ3) is 1.82. The number of ether oxygens (including phenoxy) is 1. The van der Waals surface area contributed by atoms with Crippen molar-refractivity contribution < 1.29 is 14.6 Å². The monoisotopic (exact) mass is 261 g/mol. The minimum atomic E-state index is -0.659. The van der Waals surface area contributed by atoms with Gasteiger partial charge in [-0.1, -0.05) is 6.07 Å². The lowest BCUT2D eigenvalue weighted by Crippen LogP contribution is -2.40. The van der Waals surface area contributed by atoms with Crippen LogP contribution in [-0.4, -0.2) is 36.7 Å². The molecule has 19 heavy (non-hydrogen) atoms. The molecule has 0 aromatic heterocycles. The predicted octanol–water partition coefficient (Wildman–Crippen LogP) is 2.09. The molecule has 0 spiro atoms. The van der Waals surface area contributed by atoms with Crippen molar-refractivity contribution in [2.45, 2.75) is 25.3 Å². The van der Waals surface area contributed by atoms with Gasteiger partial charge in [0.15, 0.2) is 0 Å². The fourth-order valence-corrected chi connectivity index (χ4v) is 3.31. The van der Waals surface area contributed by atoms with E-state index < -0.39 is 11.4 Å². The number of likely N-dealkylation sites (N-methyl/N-ethyl adjacent to an activating group) is 1. The maximum atomic E-state index is 11.6. The first-order valence-electron chi connectivity index (χ1n) is 6.69. The maximum absolute atomic E-state index is 11.6. The highest BCUT2D eigenvalue weighted by molar-refractivity contribution is 5.79. The van der Waals surface area contributed by atoms with Crippen molar-refractivity contribution >= 4 is 5.97 Å². The minimum absolute atomic E-state index is 0.000318. The summed E-state index contributed by atoms with van der Waals surface area (Å²) in [5.41, 5.74) is 1.82. The number of rotatable bonds is 3. The highest BCUT2D eigenvalue weighted by Gasteiger charge is 2.58. The van der Waals surface area contributed by atoms with E-state index in [0.717, 1.165) is 37.1 Å². The number of fused-ring (bicyclic) bond motifs is 1. The van der Waals surface area contributed by atoms with Crippen LogP contribution >= 0.6 is 0 Å². The molecule has 1 atom stereocenters. The average Bonchev–Trinajstić information content (AvgIpc) is 3.19.